The van der Waals surface area contributed by atoms with Crippen LogP contribution >= 0.6 is 0 Å². The van der Waals surface area contributed by atoms with E-state index in [1.165, 1.54) is 16.7 Å². The Hall–Kier alpha value is -2.56. The summed E-state index contributed by atoms with van der Waals surface area (Å²) in [5.41, 5.74) is 13.0. The van der Waals surface area contributed by atoms with E-state index in [1.54, 1.807) is 0 Å². The van der Waals surface area contributed by atoms with Crippen LogP contribution in [0.1, 0.15) is 43.5 Å². The molecule has 1 aliphatic heterocycles. The van der Waals surface area contributed by atoms with Crippen LogP contribution in [-0.2, 0) is 0 Å². The molecule has 1 fully saturated rings. The van der Waals surface area contributed by atoms with Gasteiger partial charge in [0.15, 0.2) is 0 Å². The predicted molar refractivity (Wildman–Crippen MR) is 129 cm³/mol. The summed E-state index contributed by atoms with van der Waals surface area (Å²) in [6.45, 7) is 16.7. The lowest BCUT2D eigenvalue weighted by Crippen LogP contribution is -2.47. The standard InChI is InChI=1S/C26H36N4/c1-5-28-21(4)22-9-11-23(12-10-22)26(24-7-6-8-25(27)19-24)30-17-15-29(16-18-30)14-13-20(2)3/h6-13,19,26,28H,4-5,14-18,27H2,1-3H3/t26-/m1/s1. The number of rotatable bonds is 8. The van der Waals surface area contributed by atoms with E-state index in [-0.39, 0.29) is 6.04 Å². The molecule has 2 aromatic rings. The summed E-state index contributed by atoms with van der Waals surface area (Å²) in [5, 5.41) is 3.31. The van der Waals surface area contributed by atoms with E-state index in [0.29, 0.717) is 0 Å². The van der Waals surface area contributed by atoms with E-state index in [4.69, 9.17) is 5.73 Å². The summed E-state index contributed by atoms with van der Waals surface area (Å²) in [6, 6.07) is 17.4. The minimum absolute atomic E-state index is 0.209. The third kappa shape index (κ3) is 5.74. The first-order chi connectivity index (χ1) is 14.5. The van der Waals surface area contributed by atoms with Crippen LogP contribution < -0.4 is 11.1 Å². The zero-order valence-electron chi connectivity index (χ0n) is 18.7. The topological polar surface area (TPSA) is 44.5 Å². The van der Waals surface area contributed by atoms with E-state index in [2.05, 4.69) is 91.0 Å². The second-order valence-electron chi connectivity index (χ2n) is 8.32. The summed E-state index contributed by atoms with van der Waals surface area (Å²) in [6.07, 6.45) is 2.32. The highest BCUT2D eigenvalue weighted by atomic mass is 15.3. The second kappa shape index (κ2) is 10.5. The molecule has 0 amide bonds. The van der Waals surface area contributed by atoms with Crippen molar-refractivity contribution in [3.8, 4) is 0 Å². The Morgan fingerprint density at radius 1 is 1.07 bits per heavy atom. The lowest BCUT2D eigenvalue weighted by molar-refractivity contribution is 0.117. The maximum absolute atomic E-state index is 6.14. The molecule has 0 bridgehead atoms. The van der Waals surface area contributed by atoms with Crippen molar-refractivity contribution in [2.24, 2.45) is 0 Å². The molecule has 3 rings (SSSR count). The Morgan fingerprint density at radius 3 is 2.37 bits per heavy atom. The van der Waals surface area contributed by atoms with Crippen molar-refractivity contribution >= 4 is 11.4 Å². The van der Waals surface area contributed by atoms with Gasteiger partial charge in [-0.2, -0.15) is 0 Å². The van der Waals surface area contributed by atoms with E-state index in [1.807, 2.05) is 6.07 Å². The fourth-order valence-corrected chi connectivity index (χ4v) is 4.04. The molecule has 0 aliphatic carbocycles. The van der Waals surface area contributed by atoms with Crippen LogP contribution in [0.3, 0.4) is 0 Å². The Kier molecular flexibility index (Phi) is 7.72. The van der Waals surface area contributed by atoms with Gasteiger partial charge in [-0.05, 0) is 49.6 Å². The third-order valence-corrected chi connectivity index (χ3v) is 5.72. The average Bonchev–Trinajstić information content (AvgIpc) is 2.74. The van der Waals surface area contributed by atoms with Gasteiger partial charge in [-0.1, -0.05) is 54.6 Å². The van der Waals surface area contributed by atoms with Gasteiger partial charge in [-0.15, -0.1) is 0 Å². The summed E-state index contributed by atoms with van der Waals surface area (Å²) >= 11 is 0. The lowest BCUT2D eigenvalue weighted by Gasteiger charge is -2.39. The number of nitrogens with zero attached hydrogens (tertiary/aromatic N) is 2. The van der Waals surface area contributed by atoms with E-state index in [0.717, 1.165) is 56.2 Å². The number of nitrogen functional groups attached to an aromatic ring is 1. The first-order valence-corrected chi connectivity index (χ1v) is 11.0. The average molecular weight is 405 g/mol. The monoisotopic (exact) mass is 404 g/mol. The van der Waals surface area contributed by atoms with Crippen molar-refractivity contribution in [2.75, 3.05) is 45.0 Å². The second-order valence-corrected chi connectivity index (χ2v) is 8.32. The molecule has 30 heavy (non-hydrogen) atoms. The molecule has 2 aromatic carbocycles. The number of nitrogens with one attached hydrogen (secondary N) is 1. The molecule has 4 nitrogen and oxygen atoms in total. The maximum Gasteiger partial charge on any atom is 0.0603 e. The quantitative estimate of drug-likeness (QED) is 0.501. The number of anilines is 1. The van der Waals surface area contributed by atoms with Gasteiger partial charge < -0.3 is 11.1 Å². The van der Waals surface area contributed by atoms with Gasteiger partial charge in [0.05, 0.1) is 6.04 Å². The van der Waals surface area contributed by atoms with E-state index < -0.39 is 0 Å². The van der Waals surface area contributed by atoms with Crippen molar-refractivity contribution in [2.45, 2.75) is 26.8 Å². The Bertz CT molecular complexity index is 857. The summed E-state index contributed by atoms with van der Waals surface area (Å²) in [5.74, 6) is 0. The molecule has 1 aliphatic rings. The smallest absolute Gasteiger partial charge is 0.0603 e. The SMILES string of the molecule is C=C(NCC)c1ccc([C@H](c2cccc(N)c2)N2CCN(CC=C(C)C)CC2)cc1. The van der Waals surface area contributed by atoms with Crippen LogP contribution in [0.15, 0.2) is 66.8 Å². The molecule has 4 heteroatoms. The van der Waals surface area contributed by atoms with Crippen LogP contribution in [0.4, 0.5) is 5.69 Å². The molecule has 3 N–H and O–H groups in total. The zero-order valence-corrected chi connectivity index (χ0v) is 18.7. The normalized spacial score (nSPS) is 16.1. The number of nitrogens with two attached hydrogens (primary N) is 1. The van der Waals surface area contributed by atoms with Gasteiger partial charge in [0.2, 0.25) is 0 Å². The van der Waals surface area contributed by atoms with Crippen molar-refractivity contribution in [1.29, 1.82) is 0 Å². The number of benzene rings is 2. The number of allylic oxidation sites excluding steroid dienone is 1. The molecule has 0 aromatic heterocycles. The zero-order chi connectivity index (χ0) is 21.5. The van der Waals surface area contributed by atoms with Crippen molar-refractivity contribution in [3.63, 3.8) is 0 Å². The molecular formula is C26H36N4. The molecular weight excluding hydrogens is 368 g/mol. The summed E-state index contributed by atoms with van der Waals surface area (Å²) in [4.78, 5) is 5.12. The summed E-state index contributed by atoms with van der Waals surface area (Å²) in [7, 11) is 0. The molecule has 1 atom stereocenters. The minimum atomic E-state index is 0.209. The minimum Gasteiger partial charge on any atom is -0.399 e. The van der Waals surface area contributed by atoms with Crippen LogP contribution in [0.5, 0.6) is 0 Å². The molecule has 1 heterocycles. The maximum atomic E-state index is 6.14. The fraction of sp³-hybridized carbons (Fsp3) is 0.385. The highest BCUT2D eigenvalue weighted by Gasteiger charge is 2.26. The first kappa shape index (κ1) is 22.1. The van der Waals surface area contributed by atoms with Gasteiger partial charge in [-0.25, -0.2) is 0 Å². The van der Waals surface area contributed by atoms with Gasteiger partial charge >= 0.3 is 0 Å². The number of hydrogen-bond donors (Lipinski definition) is 2. The predicted octanol–water partition coefficient (Wildman–Crippen LogP) is 4.52. The fourth-order valence-electron chi connectivity index (χ4n) is 4.04. The molecule has 160 valence electrons. The highest BCUT2D eigenvalue weighted by molar-refractivity contribution is 5.62. The van der Waals surface area contributed by atoms with Crippen LogP contribution in [0, 0.1) is 0 Å². The number of piperazine rings is 1. The van der Waals surface area contributed by atoms with E-state index in [9.17, 15) is 0 Å². The van der Waals surface area contributed by atoms with Crippen molar-refractivity contribution in [1.82, 2.24) is 15.1 Å². The Labute approximate surface area is 182 Å². The van der Waals surface area contributed by atoms with Gasteiger partial charge in [-0.3, -0.25) is 9.80 Å². The van der Waals surface area contributed by atoms with Gasteiger partial charge in [0.1, 0.15) is 0 Å². The largest absolute Gasteiger partial charge is 0.399 e. The van der Waals surface area contributed by atoms with Crippen LogP contribution in [-0.4, -0.2) is 49.1 Å². The molecule has 1 saturated heterocycles. The molecule has 0 spiro atoms. The first-order valence-electron chi connectivity index (χ1n) is 11.0. The molecule has 0 saturated carbocycles. The van der Waals surface area contributed by atoms with Gasteiger partial charge in [0, 0.05) is 50.7 Å². The van der Waals surface area contributed by atoms with E-state index >= 15 is 0 Å². The number of hydrogen-bond acceptors (Lipinski definition) is 4. The Morgan fingerprint density at radius 2 is 1.77 bits per heavy atom. The van der Waals surface area contributed by atoms with Crippen molar-refractivity contribution < 1.29 is 0 Å². The summed E-state index contributed by atoms with van der Waals surface area (Å²) < 4.78 is 0. The van der Waals surface area contributed by atoms with Crippen molar-refractivity contribution in [3.05, 3.63) is 83.4 Å². The molecule has 0 unspecified atom stereocenters. The molecule has 0 radical (unpaired) electrons. The third-order valence-electron chi connectivity index (χ3n) is 5.72. The highest BCUT2D eigenvalue weighted by Crippen LogP contribution is 2.31. The van der Waals surface area contributed by atoms with Gasteiger partial charge in [0.25, 0.3) is 0 Å². The lowest BCUT2D eigenvalue weighted by atomic mass is 9.94. The van der Waals surface area contributed by atoms with Crippen LogP contribution in [0.25, 0.3) is 5.70 Å². The van der Waals surface area contributed by atoms with Crippen LogP contribution in [0.2, 0.25) is 0 Å². The Balaban J connectivity index is 1.82.